The number of fused-ring (bicyclic) bond motifs is 5. The summed E-state index contributed by atoms with van der Waals surface area (Å²) in [6.45, 7) is 3.02. The number of esters is 1. The zero-order valence-corrected chi connectivity index (χ0v) is 11.3. The van der Waals surface area contributed by atoms with Crippen molar-refractivity contribution in [2.24, 2.45) is 23.7 Å². The predicted octanol–water partition coefficient (Wildman–Crippen LogP) is 3.49. The fourth-order valence-corrected chi connectivity index (χ4v) is 4.55. The zero-order chi connectivity index (χ0) is 12.9. The van der Waals surface area contributed by atoms with Crippen molar-refractivity contribution in [1.29, 1.82) is 0 Å². The highest BCUT2D eigenvalue weighted by Crippen LogP contribution is 2.59. The Bertz CT molecular complexity index is 352. The van der Waals surface area contributed by atoms with Crippen LogP contribution in [0.25, 0.3) is 0 Å². The van der Waals surface area contributed by atoms with Crippen LogP contribution in [0.5, 0.6) is 0 Å². The molecule has 2 bridgehead atoms. The first-order valence-corrected chi connectivity index (χ1v) is 7.43. The van der Waals surface area contributed by atoms with E-state index < -0.39 is 11.6 Å². The molecule has 3 aliphatic carbocycles. The lowest BCUT2D eigenvalue weighted by atomic mass is 9.80. The third-order valence-electron chi connectivity index (χ3n) is 5.72. The fraction of sp³-hybridized carbons (Fsp3) is 0.933. The van der Waals surface area contributed by atoms with Gasteiger partial charge in [-0.3, -0.25) is 0 Å². The maximum absolute atomic E-state index is 13.9. The van der Waals surface area contributed by atoms with Crippen molar-refractivity contribution in [2.75, 3.05) is 0 Å². The molecule has 0 aliphatic heterocycles. The highest BCUT2D eigenvalue weighted by atomic mass is 19.1. The minimum Gasteiger partial charge on any atom is -0.460 e. The molecular weight excluding hydrogens is 231 g/mol. The number of carbonyl (C=O) groups is 1. The summed E-state index contributed by atoms with van der Waals surface area (Å²) in [5.74, 6) is 2.27. The topological polar surface area (TPSA) is 26.3 Å². The van der Waals surface area contributed by atoms with Crippen LogP contribution in [-0.2, 0) is 9.53 Å². The monoisotopic (exact) mass is 254 g/mol. The van der Waals surface area contributed by atoms with E-state index in [4.69, 9.17) is 4.74 Å². The highest BCUT2D eigenvalue weighted by Gasteiger charge is 2.55. The van der Waals surface area contributed by atoms with E-state index in [0.717, 1.165) is 24.2 Å². The Labute approximate surface area is 108 Å². The molecule has 102 valence electrons. The molecule has 0 spiro atoms. The van der Waals surface area contributed by atoms with Crippen LogP contribution in [0.1, 0.15) is 52.4 Å². The second kappa shape index (κ2) is 4.21. The Morgan fingerprint density at radius 2 is 2.00 bits per heavy atom. The number of carbonyl (C=O) groups excluding carboxylic acids is 1. The predicted molar refractivity (Wildman–Crippen MR) is 66.7 cm³/mol. The quantitative estimate of drug-likeness (QED) is 0.721. The SMILES string of the molecule is CCC(C)(F)C(=O)OC1CC2CC1C1CCCC21. The van der Waals surface area contributed by atoms with Crippen LogP contribution in [0.15, 0.2) is 0 Å². The second-order valence-electron chi connectivity index (χ2n) is 6.65. The maximum Gasteiger partial charge on any atom is 0.343 e. The Balaban J connectivity index is 1.65. The molecule has 0 saturated heterocycles. The number of hydrogen-bond acceptors (Lipinski definition) is 2. The maximum atomic E-state index is 13.9. The molecule has 0 N–H and O–H groups in total. The van der Waals surface area contributed by atoms with Crippen LogP contribution in [0.3, 0.4) is 0 Å². The van der Waals surface area contributed by atoms with Crippen LogP contribution in [-0.4, -0.2) is 17.7 Å². The molecule has 3 fully saturated rings. The summed E-state index contributed by atoms with van der Waals surface area (Å²) in [5.41, 5.74) is -1.81. The number of halogens is 1. The number of hydrogen-bond donors (Lipinski definition) is 0. The molecule has 6 unspecified atom stereocenters. The van der Waals surface area contributed by atoms with Gasteiger partial charge in [0.05, 0.1) is 0 Å². The molecule has 3 saturated carbocycles. The van der Waals surface area contributed by atoms with E-state index in [-0.39, 0.29) is 12.5 Å². The number of ether oxygens (including phenoxy) is 1. The zero-order valence-electron chi connectivity index (χ0n) is 11.3. The van der Waals surface area contributed by atoms with Gasteiger partial charge in [-0.25, -0.2) is 9.18 Å². The Morgan fingerprint density at radius 3 is 2.72 bits per heavy atom. The van der Waals surface area contributed by atoms with Crippen molar-refractivity contribution in [3.8, 4) is 0 Å². The summed E-state index contributed by atoms with van der Waals surface area (Å²) in [4.78, 5) is 11.8. The van der Waals surface area contributed by atoms with Gasteiger partial charge in [-0.15, -0.1) is 0 Å². The summed E-state index contributed by atoms with van der Waals surface area (Å²) in [6, 6.07) is 0. The summed E-state index contributed by atoms with van der Waals surface area (Å²) >= 11 is 0. The van der Waals surface area contributed by atoms with E-state index in [1.807, 2.05) is 0 Å². The average Bonchev–Trinajstić information content (AvgIpc) is 2.99. The third-order valence-corrected chi connectivity index (χ3v) is 5.72. The average molecular weight is 254 g/mol. The Hall–Kier alpha value is -0.600. The molecule has 6 atom stereocenters. The third kappa shape index (κ3) is 1.78. The van der Waals surface area contributed by atoms with E-state index in [2.05, 4.69) is 0 Å². The van der Waals surface area contributed by atoms with Crippen molar-refractivity contribution < 1.29 is 13.9 Å². The van der Waals surface area contributed by atoms with E-state index in [1.165, 1.54) is 32.6 Å². The second-order valence-corrected chi connectivity index (χ2v) is 6.65. The molecule has 3 heteroatoms. The van der Waals surface area contributed by atoms with Crippen LogP contribution < -0.4 is 0 Å². The van der Waals surface area contributed by atoms with Gasteiger partial charge in [-0.1, -0.05) is 13.3 Å². The van der Waals surface area contributed by atoms with Crippen molar-refractivity contribution in [1.82, 2.24) is 0 Å². The van der Waals surface area contributed by atoms with Gasteiger partial charge in [0.2, 0.25) is 5.67 Å². The van der Waals surface area contributed by atoms with Gasteiger partial charge < -0.3 is 4.74 Å². The molecule has 0 heterocycles. The lowest BCUT2D eigenvalue weighted by Gasteiger charge is -2.32. The first kappa shape index (κ1) is 12.4. The van der Waals surface area contributed by atoms with Crippen LogP contribution in [0.4, 0.5) is 4.39 Å². The minimum atomic E-state index is -1.81. The molecule has 2 nitrogen and oxygen atoms in total. The molecule has 0 amide bonds. The van der Waals surface area contributed by atoms with Gasteiger partial charge in [-0.05, 0) is 62.7 Å². The first-order chi connectivity index (χ1) is 8.53. The van der Waals surface area contributed by atoms with Gasteiger partial charge in [0, 0.05) is 0 Å². The molecule has 0 radical (unpaired) electrons. The van der Waals surface area contributed by atoms with Crippen molar-refractivity contribution in [3.05, 3.63) is 0 Å². The standard InChI is InChI=1S/C15H23FO2/c1-3-15(2,16)14(17)18-13-8-9-7-12(13)11-6-4-5-10(9)11/h9-13H,3-8H2,1-2H3. The normalized spacial score (nSPS) is 44.7. The number of alkyl halides is 1. The molecule has 18 heavy (non-hydrogen) atoms. The van der Waals surface area contributed by atoms with Crippen LogP contribution >= 0.6 is 0 Å². The van der Waals surface area contributed by atoms with E-state index in [9.17, 15) is 9.18 Å². The van der Waals surface area contributed by atoms with Gasteiger partial charge in [-0.2, -0.15) is 0 Å². The van der Waals surface area contributed by atoms with Gasteiger partial charge in [0.15, 0.2) is 0 Å². The van der Waals surface area contributed by atoms with Crippen molar-refractivity contribution >= 4 is 5.97 Å². The lowest BCUT2D eigenvalue weighted by molar-refractivity contribution is -0.166. The summed E-state index contributed by atoms with van der Waals surface area (Å²) in [5, 5.41) is 0. The van der Waals surface area contributed by atoms with E-state index in [1.54, 1.807) is 6.92 Å². The minimum absolute atomic E-state index is 0.00322. The molecular formula is C15H23FO2. The smallest absolute Gasteiger partial charge is 0.343 e. The van der Waals surface area contributed by atoms with E-state index >= 15 is 0 Å². The van der Waals surface area contributed by atoms with Gasteiger partial charge >= 0.3 is 5.97 Å². The van der Waals surface area contributed by atoms with Crippen LogP contribution in [0, 0.1) is 23.7 Å². The van der Waals surface area contributed by atoms with Gasteiger partial charge in [0.25, 0.3) is 0 Å². The largest absolute Gasteiger partial charge is 0.460 e. The molecule has 0 aromatic carbocycles. The molecule has 3 aliphatic rings. The summed E-state index contributed by atoms with van der Waals surface area (Å²) in [7, 11) is 0. The molecule has 0 aromatic rings. The van der Waals surface area contributed by atoms with Gasteiger partial charge in [0.1, 0.15) is 6.10 Å². The highest BCUT2D eigenvalue weighted by molar-refractivity contribution is 5.79. The van der Waals surface area contributed by atoms with Crippen molar-refractivity contribution in [2.45, 2.75) is 64.1 Å². The summed E-state index contributed by atoms with van der Waals surface area (Å²) in [6.07, 6.45) is 6.38. The fourth-order valence-electron chi connectivity index (χ4n) is 4.55. The summed E-state index contributed by atoms with van der Waals surface area (Å²) < 4.78 is 19.4. The Kier molecular flexibility index (Phi) is 2.91. The van der Waals surface area contributed by atoms with Crippen LogP contribution in [0.2, 0.25) is 0 Å². The Morgan fingerprint density at radius 1 is 1.28 bits per heavy atom. The molecule has 0 aromatic heterocycles. The first-order valence-electron chi connectivity index (χ1n) is 7.43. The molecule has 3 rings (SSSR count). The van der Waals surface area contributed by atoms with Crippen molar-refractivity contribution in [3.63, 3.8) is 0 Å². The lowest BCUT2D eigenvalue weighted by Crippen LogP contribution is -2.38. The van der Waals surface area contributed by atoms with E-state index in [0.29, 0.717) is 5.92 Å². The number of rotatable bonds is 3.